The molecule has 1 aromatic carbocycles. The van der Waals surface area contributed by atoms with E-state index in [1.807, 2.05) is 17.2 Å². The van der Waals surface area contributed by atoms with E-state index in [4.69, 9.17) is 9.90 Å². The number of amides is 1. The molecule has 3 aromatic rings. The van der Waals surface area contributed by atoms with E-state index in [0.29, 0.717) is 5.69 Å². The summed E-state index contributed by atoms with van der Waals surface area (Å²) in [5.41, 5.74) is 4.23. The summed E-state index contributed by atoms with van der Waals surface area (Å²) in [4.78, 5) is 38.4. The number of carboxylic acids is 1. The zero-order valence-corrected chi connectivity index (χ0v) is 18.5. The molecular weight excluding hydrogens is 463 g/mol. The van der Waals surface area contributed by atoms with Gasteiger partial charge in [0, 0.05) is 49.3 Å². The quantitative estimate of drug-likeness (QED) is 0.589. The molecule has 8 nitrogen and oxygen atoms in total. The maximum atomic E-state index is 12.7. The highest BCUT2D eigenvalue weighted by molar-refractivity contribution is 5.92. The van der Waals surface area contributed by atoms with Gasteiger partial charge in [-0.2, -0.15) is 13.2 Å². The summed E-state index contributed by atoms with van der Waals surface area (Å²) in [7, 11) is 0. The van der Waals surface area contributed by atoms with E-state index in [9.17, 15) is 18.0 Å². The van der Waals surface area contributed by atoms with E-state index in [1.165, 1.54) is 11.3 Å². The second-order valence-corrected chi connectivity index (χ2v) is 8.28. The van der Waals surface area contributed by atoms with Crippen LogP contribution in [0.2, 0.25) is 0 Å². The number of carbonyl (C=O) groups excluding carboxylic acids is 1. The molecule has 1 fully saturated rings. The van der Waals surface area contributed by atoms with Crippen LogP contribution in [0, 0.1) is 0 Å². The van der Waals surface area contributed by atoms with Gasteiger partial charge in [0.1, 0.15) is 5.69 Å². The van der Waals surface area contributed by atoms with Gasteiger partial charge < -0.3 is 14.9 Å². The van der Waals surface area contributed by atoms with Crippen LogP contribution in [0.25, 0.3) is 0 Å². The molecule has 0 saturated carbocycles. The van der Waals surface area contributed by atoms with Gasteiger partial charge in [-0.1, -0.05) is 18.2 Å². The molecule has 1 amide bonds. The molecule has 182 valence electrons. The van der Waals surface area contributed by atoms with Gasteiger partial charge in [-0.3, -0.25) is 14.8 Å². The number of carboxylic acid groups (broad SMARTS) is 1. The first-order valence-corrected chi connectivity index (χ1v) is 10.8. The van der Waals surface area contributed by atoms with E-state index in [0.717, 1.165) is 38.2 Å². The first-order valence-electron chi connectivity index (χ1n) is 10.8. The number of aliphatic carboxylic acids is 1. The smallest absolute Gasteiger partial charge is 0.475 e. The number of carbonyl (C=O) groups is 2. The standard InChI is InChI=1S/C22H21N5O.C2HF3O2/c28-21(19-15-24-10-11-25-19)26-12-7-22(8-13-26)16-27(17-4-3-9-23-14-17)20-6-2-1-5-18(20)22;3-2(4,5)1(6)7/h1-6,9-11,14-15H,7-8,12-13,16H2;(H,6,7). The fourth-order valence-corrected chi connectivity index (χ4v) is 4.51. The Morgan fingerprint density at radius 2 is 1.63 bits per heavy atom. The summed E-state index contributed by atoms with van der Waals surface area (Å²) < 4.78 is 31.7. The van der Waals surface area contributed by atoms with E-state index in [2.05, 4.69) is 50.2 Å². The maximum absolute atomic E-state index is 12.7. The molecular formula is C24H22F3N5O3. The molecule has 1 spiro atoms. The number of likely N-dealkylation sites (tertiary alicyclic amines) is 1. The molecule has 2 aliphatic heterocycles. The summed E-state index contributed by atoms with van der Waals surface area (Å²) >= 11 is 0. The predicted molar refractivity (Wildman–Crippen MR) is 120 cm³/mol. The normalized spacial score (nSPS) is 16.3. The van der Waals surface area contributed by atoms with Crippen molar-refractivity contribution in [1.29, 1.82) is 0 Å². The van der Waals surface area contributed by atoms with Crippen LogP contribution in [0.4, 0.5) is 24.5 Å². The van der Waals surface area contributed by atoms with Gasteiger partial charge >= 0.3 is 12.1 Å². The summed E-state index contributed by atoms with van der Waals surface area (Å²) in [5, 5.41) is 7.12. The number of benzene rings is 1. The number of alkyl halides is 3. The molecule has 1 N–H and O–H groups in total. The lowest BCUT2D eigenvalue weighted by Crippen LogP contribution is -2.47. The van der Waals surface area contributed by atoms with E-state index < -0.39 is 12.1 Å². The van der Waals surface area contributed by atoms with Crippen molar-refractivity contribution in [1.82, 2.24) is 19.9 Å². The van der Waals surface area contributed by atoms with Gasteiger partial charge in [-0.15, -0.1) is 0 Å². The van der Waals surface area contributed by atoms with Crippen LogP contribution >= 0.6 is 0 Å². The molecule has 1 saturated heterocycles. The Labute approximate surface area is 199 Å². The highest BCUT2D eigenvalue weighted by Gasteiger charge is 2.45. The Balaban J connectivity index is 0.000000364. The molecule has 0 atom stereocenters. The zero-order valence-electron chi connectivity index (χ0n) is 18.5. The minimum Gasteiger partial charge on any atom is -0.475 e. The average molecular weight is 485 g/mol. The Morgan fingerprint density at radius 3 is 2.23 bits per heavy atom. The van der Waals surface area contributed by atoms with Crippen LogP contribution in [0.3, 0.4) is 0 Å². The monoisotopic (exact) mass is 485 g/mol. The van der Waals surface area contributed by atoms with Crippen molar-refractivity contribution >= 4 is 23.3 Å². The number of aromatic nitrogens is 3. The van der Waals surface area contributed by atoms with Crippen molar-refractivity contribution in [3.63, 3.8) is 0 Å². The van der Waals surface area contributed by atoms with Crippen molar-refractivity contribution in [2.75, 3.05) is 24.5 Å². The van der Waals surface area contributed by atoms with Gasteiger partial charge in [0.25, 0.3) is 5.91 Å². The lowest BCUT2D eigenvalue weighted by Gasteiger charge is -2.39. The minimum atomic E-state index is -5.08. The van der Waals surface area contributed by atoms with Gasteiger partial charge in [0.2, 0.25) is 0 Å². The third-order valence-corrected chi connectivity index (χ3v) is 6.22. The number of piperidine rings is 1. The number of hydrogen-bond donors (Lipinski definition) is 1. The van der Waals surface area contributed by atoms with Crippen LogP contribution in [-0.2, 0) is 10.2 Å². The summed E-state index contributed by atoms with van der Waals surface area (Å²) in [6, 6.07) is 12.7. The van der Waals surface area contributed by atoms with Crippen molar-refractivity contribution in [2.24, 2.45) is 0 Å². The molecule has 2 aromatic heterocycles. The van der Waals surface area contributed by atoms with Crippen LogP contribution in [0.15, 0.2) is 67.4 Å². The third kappa shape index (κ3) is 5.08. The molecule has 4 heterocycles. The highest BCUT2D eigenvalue weighted by Crippen LogP contribution is 2.49. The Bertz CT molecular complexity index is 1180. The number of pyridine rings is 1. The number of nitrogens with zero attached hydrogens (tertiary/aromatic N) is 5. The average Bonchev–Trinajstić information content (AvgIpc) is 3.19. The number of fused-ring (bicyclic) bond motifs is 2. The van der Waals surface area contributed by atoms with Crippen LogP contribution in [0.5, 0.6) is 0 Å². The topological polar surface area (TPSA) is 99.5 Å². The molecule has 5 rings (SSSR count). The van der Waals surface area contributed by atoms with Gasteiger partial charge in [-0.25, -0.2) is 9.78 Å². The zero-order chi connectivity index (χ0) is 25.1. The molecule has 35 heavy (non-hydrogen) atoms. The van der Waals surface area contributed by atoms with Crippen LogP contribution in [0.1, 0.15) is 28.9 Å². The van der Waals surface area contributed by atoms with E-state index in [-0.39, 0.29) is 11.3 Å². The first-order chi connectivity index (χ1) is 16.7. The highest BCUT2D eigenvalue weighted by atomic mass is 19.4. The van der Waals surface area contributed by atoms with Gasteiger partial charge in [-0.05, 0) is 36.6 Å². The molecule has 11 heteroatoms. The second-order valence-electron chi connectivity index (χ2n) is 8.28. The molecule has 0 radical (unpaired) electrons. The Hall–Kier alpha value is -4.02. The fourth-order valence-electron chi connectivity index (χ4n) is 4.51. The van der Waals surface area contributed by atoms with Crippen molar-refractivity contribution in [3.8, 4) is 0 Å². The number of hydrogen-bond acceptors (Lipinski definition) is 6. The van der Waals surface area contributed by atoms with E-state index in [1.54, 1.807) is 24.8 Å². The lowest BCUT2D eigenvalue weighted by molar-refractivity contribution is -0.192. The predicted octanol–water partition coefficient (Wildman–Crippen LogP) is 3.83. The summed E-state index contributed by atoms with van der Waals surface area (Å²) in [6.07, 6.45) is 5.21. The molecule has 0 aliphatic carbocycles. The fraction of sp³-hybridized carbons (Fsp3) is 0.292. The Kier molecular flexibility index (Phi) is 6.68. The number of anilines is 2. The van der Waals surface area contributed by atoms with Gasteiger partial charge in [0.05, 0.1) is 18.1 Å². The van der Waals surface area contributed by atoms with Crippen molar-refractivity contribution < 1.29 is 27.9 Å². The van der Waals surface area contributed by atoms with Crippen LogP contribution in [-0.4, -0.2) is 62.6 Å². The third-order valence-electron chi connectivity index (χ3n) is 6.22. The number of para-hydroxylation sites is 1. The Morgan fingerprint density at radius 1 is 0.943 bits per heavy atom. The lowest BCUT2D eigenvalue weighted by atomic mass is 9.74. The first kappa shape index (κ1) is 24.1. The largest absolute Gasteiger partial charge is 0.490 e. The van der Waals surface area contributed by atoms with E-state index >= 15 is 0 Å². The number of halogens is 3. The number of rotatable bonds is 2. The van der Waals surface area contributed by atoms with Crippen molar-refractivity contribution in [2.45, 2.75) is 24.4 Å². The molecule has 2 aliphatic rings. The summed E-state index contributed by atoms with van der Waals surface area (Å²) in [6.45, 7) is 2.38. The SMILES string of the molecule is O=C(O)C(F)(F)F.O=C(c1cnccn1)N1CCC2(CC1)CN(c1cccnc1)c1ccccc12. The maximum Gasteiger partial charge on any atom is 0.490 e. The minimum absolute atomic E-state index is 0.0293. The molecule has 0 unspecified atom stereocenters. The molecule has 0 bridgehead atoms. The van der Waals surface area contributed by atoms with Gasteiger partial charge in [0.15, 0.2) is 0 Å². The van der Waals surface area contributed by atoms with Crippen molar-refractivity contribution in [3.05, 3.63) is 78.6 Å². The van der Waals surface area contributed by atoms with Crippen LogP contribution < -0.4 is 4.90 Å². The second kappa shape index (κ2) is 9.69. The summed E-state index contributed by atoms with van der Waals surface area (Å²) in [5.74, 6) is -2.79.